The standard InChI is InChI=1S/C18H19N3/c1-12-4-3-5-15(10-12)18(21-19)16-8-9-17-14(11-16)7-6-13(2)20-17/h3-11,18,21H,19H2,1-2H3. The first-order valence-electron chi connectivity index (χ1n) is 7.07. The Bertz CT molecular complexity index is 780. The maximum atomic E-state index is 5.79. The predicted molar refractivity (Wildman–Crippen MR) is 86.8 cm³/mol. The maximum Gasteiger partial charge on any atom is 0.0710 e. The monoisotopic (exact) mass is 277 g/mol. The average Bonchev–Trinajstić information content (AvgIpc) is 2.48. The van der Waals surface area contributed by atoms with Gasteiger partial charge in [0.15, 0.2) is 0 Å². The molecule has 0 spiro atoms. The highest BCUT2D eigenvalue weighted by atomic mass is 15.2. The fourth-order valence-corrected chi connectivity index (χ4v) is 2.66. The summed E-state index contributed by atoms with van der Waals surface area (Å²) in [6.45, 7) is 4.09. The largest absolute Gasteiger partial charge is 0.271 e. The van der Waals surface area contributed by atoms with Crippen molar-refractivity contribution in [1.29, 1.82) is 0 Å². The molecule has 0 aliphatic carbocycles. The van der Waals surface area contributed by atoms with E-state index in [1.807, 2.05) is 13.0 Å². The fourth-order valence-electron chi connectivity index (χ4n) is 2.66. The number of pyridine rings is 1. The summed E-state index contributed by atoms with van der Waals surface area (Å²) < 4.78 is 0. The van der Waals surface area contributed by atoms with Crippen LogP contribution in [0.5, 0.6) is 0 Å². The van der Waals surface area contributed by atoms with E-state index < -0.39 is 0 Å². The molecule has 1 heterocycles. The minimum atomic E-state index is -0.0180. The van der Waals surface area contributed by atoms with Gasteiger partial charge < -0.3 is 0 Å². The number of hydrogen-bond donors (Lipinski definition) is 2. The molecular formula is C18H19N3. The first-order valence-corrected chi connectivity index (χ1v) is 7.07. The molecule has 21 heavy (non-hydrogen) atoms. The van der Waals surface area contributed by atoms with E-state index in [2.05, 4.69) is 65.9 Å². The van der Waals surface area contributed by atoms with Gasteiger partial charge in [-0.1, -0.05) is 42.0 Å². The third kappa shape index (κ3) is 2.79. The van der Waals surface area contributed by atoms with E-state index in [0.717, 1.165) is 27.7 Å². The Balaban J connectivity index is 2.06. The molecule has 0 amide bonds. The molecule has 3 rings (SSSR count). The topological polar surface area (TPSA) is 50.9 Å². The first-order chi connectivity index (χ1) is 10.2. The molecule has 1 aromatic heterocycles. The number of nitrogens with two attached hydrogens (primary N) is 1. The number of nitrogens with zero attached hydrogens (tertiary/aromatic N) is 1. The smallest absolute Gasteiger partial charge is 0.0710 e. The lowest BCUT2D eigenvalue weighted by atomic mass is 9.96. The lowest BCUT2D eigenvalue weighted by molar-refractivity contribution is 0.637. The summed E-state index contributed by atoms with van der Waals surface area (Å²) in [5.74, 6) is 5.79. The van der Waals surface area contributed by atoms with Crippen molar-refractivity contribution >= 4 is 10.9 Å². The van der Waals surface area contributed by atoms with Gasteiger partial charge in [-0.2, -0.15) is 0 Å². The molecule has 0 radical (unpaired) electrons. The maximum absolute atomic E-state index is 5.79. The van der Waals surface area contributed by atoms with Crippen LogP contribution in [0, 0.1) is 13.8 Å². The summed E-state index contributed by atoms with van der Waals surface area (Å²) >= 11 is 0. The molecule has 1 atom stereocenters. The summed E-state index contributed by atoms with van der Waals surface area (Å²) in [6, 6.07) is 18.8. The Morgan fingerprint density at radius 2 is 1.76 bits per heavy atom. The van der Waals surface area contributed by atoms with Crippen molar-refractivity contribution < 1.29 is 0 Å². The molecule has 0 saturated carbocycles. The van der Waals surface area contributed by atoms with Gasteiger partial charge in [0.05, 0.1) is 11.6 Å². The molecule has 0 bridgehead atoms. The van der Waals surface area contributed by atoms with E-state index in [-0.39, 0.29) is 6.04 Å². The van der Waals surface area contributed by atoms with Crippen LogP contribution in [0.4, 0.5) is 0 Å². The molecule has 3 nitrogen and oxygen atoms in total. The summed E-state index contributed by atoms with van der Waals surface area (Å²) in [4.78, 5) is 4.54. The van der Waals surface area contributed by atoms with E-state index in [9.17, 15) is 0 Å². The highest BCUT2D eigenvalue weighted by molar-refractivity contribution is 5.79. The molecule has 2 aromatic carbocycles. The molecule has 106 valence electrons. The minimum Gasteiger partial charge on any atom is -0.271 e. The Morgan fingerprint density at radius 1 is 0.952 bits per heavy atom. The molecule has 0 fully saturated rings. The van der Waals surface area contributed by atoms with Gasteiger partial charge in [-0.3, -0.25) is 10.8 Å². The van der Waals surface area contributed by atoms with E-state index in [0.29, 0.717) is 0 Å². The second-order valence-electron chi connectivity index (χ2n) is 5.42. The zero-order valence-corrected chi connectivity index (χ0v) is 12.3. The van der Waals surface area contributed by atoms with Crippen molar-refractivity contribution in [2.24, 2.45) is 5.84 Å². The van der Waals surface area contributed by atoms with Crippen molar-refractivity contribution in [2.45, 2.75) is 19.9 Å². The van der Waals surface area contributed by atoms with Crippen LogP contribution in [-0.4, -0.2) is 4.98 Å². The molecule has 0 aliphatic rings. The third-order valence-electron chi connectivity index (χ3n) is 3.73. The van der Waals surface area contributed by atoms with Crippen LogP contribution in [0.1, 0.15) is 28.4 Å². The van der Waals surface area contributed by atoms with Crippen LogP contribution in [0.25, 0.3) is 10.9 Å². The molecule has 0 saturated heterocycles. The van der Waals surface area contributed by atoms with Gasteiger partial charge in [0.2, 0.25) is 0 Å². The van der Waals surface area contributed by atoms with Gasteiger partial charge in [-0.05, 0) is 43.2 Å². The van der Waals surface area contributed by atoms with Gasteiger partial charge in [0.25, 0.3) is 0 Å². The van der Waals surface area contributed by atoms with Crippen molar-refractivity contribution in [3.8, 4) is 0 Å². The highest BCUT2D eigenvalue weighted by Gasteiger charge is 2.13. The zero-order chi connectivity index (χ0) is 14.8. The normalized spacial score (nSPS) is 12.5. The van der Waals surface area contributed by atoms with Crippen LogP contribution in [0.2, 0.25) is 0 Å². The Kier molecular flexibility index (Phi) is 3.69. The number of aromatic nitrogens is 1. The number of aryl methyl sites for hydroxylation is 2. The molecule has 3 N–H and O–H groups in total. The Labute approximate surface area is 124 Å². The molecule has 1 unspecified atom stereocenters. The third-order valence-corrected chi connectivity index (χ3v) is 3.73. The second kappa shape index (κ2) is 5.64. The summed E-state index contributed by atoms with van der Waals surface area (Å²) in [5, 5.41) is 1.13. The second-order valence-corrected chi connectivity index (χ2v) is 5.42. The summed E-state index contributed by atoms with van der Waals surface area (Å²) in [7, 11) is 0. The van der Waals surface area contributed by atoms with Crippen LogP contribution in [-0.2, 0) is 0 Å². The van der Waals surface area contributed by atoms with Crippen LogP contribution < -0.4 is 11.3 Å². The number of benzene rings is 2. The van der Waals surface area contributed by atoms with Crippen molar-refractivity contribution in [1.82, 2.24) is 10.4 Å². The van der Waals surface area contributed by atoms with E-state index in [1.54, 1.807) is 0 Å². The van der Waals surface area contributed by atoms with Crippen LogP contribution in [0.3, 0.4) is 0 Å². The van der Waals surface area contributed by atoms with E-state index >= 15 is 0 Å². The van der Waals surface area contributed by atoms with Gasteiger partial charge in [0, 0.05) is 11.1 Å². The number of nitrogens with one attached hydrogen (secondary N) is 1. The first kappa shape index (κ1) is 13.7. The zero-order valence-electron chi connectivity index (χ0n) is 12.3. The lowest BCUT2D eigenvalue weighted by Crippen LogP contribution is -2.28. The molecule has 3 heteroatoms. The van der Waals surface area contributed by atoms with E-state index in [4.69, 9.17) is 5.84 Å². The minimum absolute atomic E-state index is 0.0180. The summed E-state index contributed by atoms with van der Waals surface area (Å²) in [6.07, 6.45) is 0. The number of rotatable bonds is 3. The van der Waals surface area contributed by atoms with Crippen LogP contribution in [0.15, 0.2) is 54.6 Å². The van der Waals surface area contributed by atoms with Crippen LogP contribution >= 0.6 is 0 Å². The van der Waals surface area contributed by atoms with Crippen molar-refractivity contribution in [3.63, 3.8) is 0 Å². The average molecular weight is 277 g/mol. The summed E-state index contributed by atoms with van der Waals surface area (Å²) in [5.41, 5.74) is 8.49. The van der Waals surface area contributed by atoms with Gasteiger partial charge >= 0.3 is 0 Å². The van der Waals surface area contributed by atoms with Crippen molar-refractivity contribution in [2.75, 3.05) is 0 Å². The number of hydrogen-bond acceptors (Lipinski definition) is 3. The van der Waals surface area contributed by atoms with Gasteiger partial charge in [-0.25, -0.2) is 5.43 Å². The number of hydrazine groups is 1. The number of fused-ring (bicyclic) bond motifs is 1. The quantitative estimate of drug-likeness (QED) is 0.570. The van der Waals surface area contributed by atoms with Gasteiger partial charge in [-0.15, -0.1) is 0 Å². The van der Waals surface area contributed by atoms with Gasteiger partial charge in [0.1, 0.15) is 0 Å². The SMILES string of the molecule is Cc1cccc(C(NN)c2ccc3nc(C)ccc3c2)c1. The van der Waals surface area contributed by atoms with E-state index in [1.165, 1.54) is 5.56 Å². The Morgan fingerprint density at radius 3 is 2.52 bits per heavy atom. The van der Waals surface area contributed by atoms with Crippen molar-refractivity contribution in [3.05, 3.63) is 77.0 Å². The fraction of sp³-hybridized carbons (Fsp3) is 0.167. The molecule has 0 aliphatic heterocycles. The Hall–Kier alpha value is -2.23. The highest BCUT2D eigenvalue weighted by Crippen LogP contribution is 2.25. The molecule has 3 aromatic rings. The lowest BCUT2D eigenvalue weighted by Gasteiger charge is -2.18. The predicted octanol–water partition coefficient (Wildman–Crippen LogP) is 3.40. The molecular weight excluding hydrogens is 258 g/mol.